The van der Waals surface area contributed by atoms with Crippen molar-refractivity contribution < 1.29 is 4.42 Å². The molecule has 0 saturated heterocycles. The minimum atomic E-state index is -0.150. The number of aromatic nitrogens is 2. The minimum Gasteiger partial charge on any atom is -0.440 e. The van der Waals surface area contributed by atoms with Gasteiger partial charge in [-0.25, -0.2) is 4.98 Å². The molecule has 2 aromatic heterocycles. The fourth-order valence-electron chi connectivity index (χ4n) is 3.67. The van der Waals surface area contributed by atoms with Crippen LogP contribution in [0.5, 0.6) is 0 Å². The van der Waals surface area contributed by atoms with Gasteiger partial charge >= 0.3 is 0 Å². The van der Waals surface area contributed by atoms with Crippen LogP contribution in [-0.2, 0) is 0 Å². The largest absolute Gasteiger partial charge is 0.440 e. The Labute approximate surface area is 172 Å². The number of nitrogens with zero attached hydrogens (tertiary/aromatic N) is 4. The van der Waals surface area contributed by atoms with Crippen molar-refractivity contribution in [3.63, 3.8) is 0 Å². The molecule has 0 unspecified atom stereocenters. The summed E-state index contributed by atoms with van der Waals surface area (Å²) in [4.78, 5) is 19.9. The lowest BCUT2D eigenvalue weighted by Crippen LogP contribution is -2.25. The van der Waals surface area contributed by atoms with E-state index in [4.69, 9.17) is 9.40 Å². The SMILES string of the molecule is CN(C)c1ccc(C=Nn2c(C3CCCCC3)nc3ccc(Br)cc3c2=O)o1. The lowest BCUT2D eigenvalue weighted by molar-refractivity contribution is 0.416. The Morgan fingerprint density at radius 3 is 2.71 bits per heavy atom. The van der Waals surface area contributed by atoms with Gasteiger partial charge < -0.3 is 9.32 Å². The summed E-state index contributed by atoms with van der Waals surface area (Å²) in [6, 6.07) is 9.32. The second kappa shape index (κ2) is 7.91. The molecule has 1 aliphatic rings. The maximum Gasteiger partial charge on any atom is 0.282 e. The summed E-state index contributed by atoms with van der Waals surface area (Å²) in [7, 11) is 3.83. The van der Waals surface area contributed by atoms with Crippen LogP contribution in [0.2, 0.25) is 0 Å². The smallest absolute Gasteiger partial charge is 0.282 e. The summed E-state index contributed by atoms with van der Waals surface area (Å²) in [6.45, 7) is 0. The van der Waals surface area contributed by atoms with Gasteiger partial charge in [-0.05, 0) is 37.1 Å². The molecule has 0 bridgehead atoms. The third-order valence-corrected chi connectivity index (χ3v) is 5.65. The average molecular weight is 443 g/mol. The van der Waals surface area contributed by atoms with Crippen LogP contribution in [0, 0.1) is 0 Å². The first-order valence-electron chi connectivity index (χ1n) is 9.56. The van der Waals surface area contributed by atoms with Gasteiger partial charge in [0.15, 0.2) is 5.88 Å². The molecule has 0 amide bonds. The van der Waals surface area contributed by atoms with Crippen LogP contribution >= 0.6 is 15.9 Å². The van der Waals surface area contributed by atoms with Crippen molar-refractivity contribution in [2.45, 2.75) is 38.0 Å². The topological polar surface area (TPSA) is 63.6 Å². The van der Waals surface area contributed by atoms with E-state index in [0.717, 1.165) is 41.9 Å². The Balaban J connectivity index is 1.82. The average Bonchev–Trinajstić information content (AvgIpc) is 3.18. The second-order valence-electron chi connectivity index (χ2n) is 7.40. The Morgan fingerprint density at radius 2 is 2.00 bits per heavy atom. The van der Waals surface area contributed by atoms with Crippen LogP contribution in [0.15, 0.2) is 49.1 Å². The van der Waals surface area contributed by atoms with Crippen LogP contribution < -0.4 is 10.5 Å². The minimum absolute atomic E-state index is 0.150. The van der Waals surface area contributed by atoms with E-state index in [1.807, 2.05) is 43.3 Å². The highest BCUT2D eigenvalue weighted by Gasteiger charge is 2.22. The number of hydrogen-bond acceptors (Lipinski definition) is 5. The first kappa shape index (κ1) is 18.9. The first-order chi connectivity index (χ1) is 13.5. The number of benzene rings is 1. The van der Waals surface area contributed by atoms with Crippen molar-refractivity contribution in [2.24, 2.45) is 5.10 Å². The van der Waals surface area contributed by atoms with E-state index < -0.39 is 0 Å². The number of hydrogen-bond donors (Lipinski definition) is 0. The molecule has 146 valence electrons. The van der Waals surface area contributed by atoms with Crippen molar-refractivity contribution in [1.29, 1.82) is 0 Å². The monoisotopic (exact) mass is 442 g/mol. The summed E-state index contributed by atoms with van der Waals surface area (Å²) < 4.78 is 8.04. The van der Waals surface area contributed by atoms with Gasteiger partial charge in [0.05, 0.1) is 17.1 Å². The maximum atomic E-state index is 13.2. The zero-order valence-electron chi connectivity index (χ0n) is 16.1. The normalized spacial score (nSPS) is 15.5. The van der Waals surface area contributed by atoms with E-state index >= 15 is 0 Å². The van der Waals surface area contributed by atoms with E-state index in [1.165, 1.54) is 11.1 Å². The van der Waals surface area contributed by atoms with Crippen LogP contribution in [0.4, 0.5) is 5.88 Å². The van der Waals surface area contributed by atoms with Crippen LogP contribution in [0.25, 0.3) is 10.9 Å². The van der Waals surface area contributed by atoms with Gasteiger partial charge in [0.25, 0.3) is 5.56 Å². The van der Waals surface area contributed by atoms with Crippen LogP contribution in [0.1, 0.15) is 49.6 Å². The summed E-state index contributed by atoms with van der Waals surface area (Å²) >= 11 is 3.44. The number of furan rings is 1. The molecule has 0 aliphatic heterocycles. The van der Waals surface area contributed by atoms with Gasteiger partial charge in [-0.1, -0.05) is 35.2 Å². The van der Waals surface area contributed by atoms with Crippen LogP contribution in [-0.4, -0.2) is 30.0 Å². The lowest BCUT2D eigenvalue weighted by Gasteiger charge is -2.22. The van der Waals surface area contributed by atoms with Gasteiger partial charge in [-0.3, -0.25) is 4.79 Å². The zero-order chi connectivity index (χ0) is 19.7. The standard InChI is InChI=1S/C21H23BrN4O2/c1-25(2)19-11-9-16(28-19)13-23-26-20(14-6-4-3-5-7-14)24-18-10-8-15(22)12-17(18)21(26)27/h8-14H,3-7H2,1-2H3. The van der Waals surface area contributed by atoms with Gasteiger partial charge in [-0.2, -0.15) is 9.78 Å². The van der Waals surface area contributed by atoms with Crippen molar-refractivity contribution in [3.05, 3.63) is 56.7 Å². The van der Waals surface area contributed by atoms with E-state index in [0.29, 0.717) is 16.7 Å². The molecule has 4 rings (SSSR count). The fourth-order valence-corrected chi connectivity index (χ4v) is 4.03. The summed E-state index contributed by atoms with van der Waals surface area (Å²) in [5, 5.41) is 5.05. The summed E-state index contributed by atoms with van der Waals surface area (Å²) in [5.41, 5.74) is 0.565. The molecule has 3 aromatic rings. The van der Waals surface area contributed by atoms with Gasteiger partial charge in [-0.15, -0.1) is 0 Å². The Morgan fingerprint density at radius 1 is 1.21 bits per heavy atom. The van der Waals surface area contributed by atoms with E-state index in [2.05, 4.69) is 21.0 Å². The molecule has 1 fully saturated rings. The van der Waals surface area contributed by atoms with E-state index in [9.17, 15) is 4.79 Å². The third kappa shape index (κ3) is 3.76. The van der Waals surface area contributed by atoms with E-state index in [1.54, 1.807) is 12.3 Å². The molecule has 7 heteroatoms. The zero-order valence-corrected chi connectivity index (χ0v) is 17.6. The third-order valence-electron chi connectivity index (χ3n) is 5.16. The first-order valence-corrected chi connectivity index (χ1v) is 10.4. The fraction of sp³-hybridized carbons (Fsp3) is 0.381. The quantitative estimate of drug-likeness (QED) is 0.546. The van der Waals surface area contributed by atoms with Crippen molar-refractivity contribution in [3.8, 4) is 0 Å². The molecule has 6 nitrogen and oxygen atoms in total. The highest BCUT2D eigenvalue weighted by molar-refractivity contribution is 9.10. The van der Waals surface area contributed by atoms with Gasteiger partial charge in [0, 0.05) is 30.6 Å². The predicted molar refractivity (Wildman–Crippen MR) is 116 cm³/mol. The predicted octanol–water partition coefficient (Wildman–Crippen LogP) is 4.75. The highest BCUT2D eigenvalue weighted by atomic mass is 79.9. The lowest BCUT2D eigenvalue weighted by atomic mass is 9.88. The number of anilines is 1. The van der Waals surface area contributed by atoms with Crippen LogP contribution in [0.3, 0.4) is 0 Å². The van der Waals surface area contributed by atoms with Crippen molar-refractivity contribution >= 4 is 38.9 Å². The number of rotatable bonds is 4. The Kier molecular flexibility index (Phi) is 5.35. The molecule has 0 radical (unpaired) electrons. The molecule has 0 N–H and O–H groups in total. The summed E-state index contributed by atoms with van der Waals surface area (Å²) in [5.74, 6) is 2.33. The van der Waals surface area contributed by atoms with Gasteiger partial charge in [0.2, 0.25) is 0 Å². The molecule has 0 spiro atoms. The molecule has 1 aliphatic carbocycles. The van der Waals surface area contributed by atoms with Crippen molar-refractivity contribution in [1.82, 2.24) is 9.66 Å². The maximum absolute atomic E-state index is 13.2. The molecular weight excluding hydrogens is 420 g/mol. The molecular formula is C21H23BrN4O2. The molecule has 1 aromatic carbocycles. The molecule has 28 heavy (non-hydrogen) atoms. The molecule has 2 heterocycles. The molecule has 1 saturated carbocycles. The Hall–Kier alpha value is -2.41. The highest BCUT2D eigenvalue weighted by Crippen LogP contribution is 2.32. The second-order valence-corrected chi connectivity index (χ2v) is 8.31. The van der Waals surface area contributed by atoms with E-state index in [-0.39, 0.29) is 11.5 Å². The molecule has 0 atom stereocenters. The number of fused-ring (bicyclic) bond motifs is 1. The Bertz CT molecular complexity index is 1080. The number of halogens is 1. The van der Waals surface area contributed by atoms with Crippen molar-refractivity contribution in [2.75, 3.05) is 19.0 Å². The van der Waals surface area contributed by atoms with Gasteiger partial charge in [0.1, 0.15) is 11.6 Å². The summed E-state index contributed by atoms with van der Waals surface area (Å²) in [6.07, 6.45) is 7.22.